The van der Waals surface area contributed by atoms with Crippen molar-refractivity contribution in [1.29, 1.82) is 5.26 Å². The van der Waals surface area contributed by atoms with Crippen molar-refractivity contribution in [3.63, 3.8) is 0 Å². The van der Waals surface area contributed by atoms with Crippen LogP contribution < -0.4 is 5.32 Å². The minimum absolute atomic E-state index is 0.264. The first-order valence-corrected chi connectivity index (χ1v) is 5.93. The Bertz CT molecular complexity index is 663. The van der Waals surface area contributed by atoms with Gasteiger partial charge in [0.05, 0.1) is 11.6 Å². The van der Waals surface area contributed by atoms with Crippen molar-refractivity contribution in [2.24, 2.45) is 0 Å². The molecule has 0 aliphatic heterocycles. The van der Waals surface area contributed by atoms with E-state index in [0.29, 0.717) is 23.2 Å². The van der Waals surface area contributed by atoms with E-state index in [9.17, 15) is 13.2 Å². The van der Waals surface area contributed by atoms with Gasteiger partial charge < -0.3 is 5.32 Å². The van der Waals surface area contributed by atoms with Crippen molar-refractivity contribution >= 4 is 0 Å². The Morgan fingerprint density at radius 3 is 2.45 bits per heavy atom. The number of hydrogen-bond donors (Lipinski definition) is 1. The summed E-state index contributed by atoms with van der Waals surface area (Å²) in [6.07, 6.45) is 0. The Kier molecular flexibility index (Phi) is 4.38. The summed E-state index contributed by atoms with van der Waals surface area (Å²) in [5.74, 6) is -2.23. The highest BCUT2D eigenvalue weighted by molar-refractivity contribution is 5.37. The summed E-state index contributed by atoms with van der Waals surface area (Å²) in [5, 5.41) is 11.9. The second kappa shape index (κ2) is 6.22. The lowest BCUT2D eigenvalue weighted by molar-refractivity contribution is 0.506. The Morgan fingerprint density at radius 2 is 1.75 bits per heavy atom. The first-order chi connectivity index (χ1) is 9.60. The molecule has 0 spiro atoms. The minimum atomic E-state index is -0.909. The normalized spacial score (nSPS) is 10.3. The number of hydrogen-bond acceptors (Lipinski definition) is 2. The molecular weight excluding hydrogens is 265 g/mol. The quantitative estimate of drug-likeness (QED) is 0.930. The standard InChI is InChI=1S/C15H11F3N2/c16-13-3-2-11(7-19)12(6-13)9-20-8-10-1-4-14(17)15(18)5-10/h1-6,20H,8-9H2. The predicted molar refractivity (Wildman–Crippen MR) is 68.0 cm³/mol. The van der Waals surface area contributed by atoms with Gasteiger partial charge in [-0.05, 0) is 41.5 Å². The summed E-state index contributed by atoms with van der Waals surface area (Å²) in [5.41, 5.74) is 1.47. The highest BCUT2D eigenvalue weighted by Crippen LogP contribution is 2.11. The van der Waals surface area contributed by atoms with E-state index in [-0.39, 0.29) is 6.54 Å². The third kappa shape index (κ3) is 3.37. The molecule has 2 rings (SSSR count). The second-order valence-electron chi connectivity index (χ2n) is 4.27. The SMILES string of the molecule is N#Cc1ccc(F)cc1CNCc1ccc(F)c(F)c1. The highest BCUT2D eigenvalue weighted by atomic mass is 19.2. The topological polar surface area (TPSA) is 35.8 Å². The van der Waals surface area contributed by atoms with E-state index in [4.69, 9.17) is 5.26 Å². The molecule has 0 unspecified atom stereocenters. The fourth-order valence-corrected chi connectivity index (χ4v) is 1.81. The maximum absolute atomic E-state index is 13.1. The van der Waals surface area contributed by atoms with Crippen molar-refractivity contribution in [3.05, 3.63) is 70.5 Å². The first kappa shape index (κ1) is 14.1. The summed E-state index contributed by atoms with van der Waals surface area (Å²) in [4.78, 5) is 0. The molecule has 2 aromatic rings. The molecule has 0 aromatic heterocycles. The van der Waals surface area contributed by atoms with Gasteiger partial charge in [0.2, 0.25) is 0 Å². The summed E-state index contributed by atoms with van der Waals surface area (Å²) < 4.78 is 38.9. The summed E-state index contributed by atoms with van der Waals surface area (Å²) >= 11 is 0. The lowest BCUT2D eigenvalue weighted by Gasteiger charge is -2.07. The van der Waals surface area contributed by atoms with Gasteiger partial charge in [0.1, 0.15) is 5.82 Å². The largest absolute Gasteiger partial charge is 0.309 e. The predicted octanol–water partition coefficient (Wildman–Crippen LogP) is 3.27. The van der Waals surface area contributed by atoms with Gasteiger partial charge in [0, 0.05) is 13.1 Å². The molecule has 0 saturated heterocycles. The molecule has 0 amide bonds. The molecule has 0 radical (unpaired) electrons. The molecule has 0 heterocycles. The van der Waals surface area contributed by atoms with Crippen LogP contribution in [-0.4, -0.2) is 0 Å². The van der Waals surface area contributed by atoms with Crippen molar-refractivity contribution in [3.8, 4) is 6.07 Å². The summed E-state index contributed by atoms with van der Waals surface area (Å²) in [6, 6.07) is 9.48. The van der Waals surface area contributed by atoms with E-state index < -0.39 is 17.5 Å². The van der Waals surface area contributed by atoms with Gasteiger partial charge in [-0.2, -0.15) is 5.26 Å². The molecule has 0 fully saturated rings. The van der Waals surface area contributed by atoms with Crippen LogP contribution in [0.2, 0.25) is 0 Å². The van der Waals surface area contributed by atoms with Crippen LogP contribution in [0.4, 0.5) is 13.2 Å². The average Bonchev–Trinajstić information content (AvgIpc) is 2.43. The Hall–Kier alpha value is -2.32. The Balaban J connectivity index is 2.01. The monoisotopic (exact) mass is 276 g/mol. The zero-order valence-electron chi connectivity index (χ0n) is 10.5. The van der Waals surface area contributed by atoms with Crippen LogP contribution in [0.3, 0.4) is 0 Å². The van der Waals surface area contributed by atoms with E-state index in [0.717, 1.165) is 12.1 Å². The van der Waals surface area contributed by atoms with E-state index in [1.807, 2.05) is 6.07 Å². The molecule has 20 heavy (non-hydrogen) atoms. The number of nitrogens with zero attached hydrogens (tertiary/aromatic N) is 1. The van der Waals surface area contributed by atoms with Crippen LogP contribution in [0.1, 0.15) is 16.7 Å². The fourth-order valence-electron chi connectivity index (χ4n) is 1.81. The lowest BCUT2D eigenvalue weighted by Crippen LogP contribution is -2.14. The Morgan fingerprint density at radius 1 is 0.950 bits per heavy atom. The number of rotatable bonds is 4. The first-order valence-electron chi connectivity index (χ1n) is 5.93. The van der Waals surface area contributed by atoms with Crippen LogP contribution >= 0.6 is 0 Å². The second-order valence-corrected chi connectivity index (χ2v) is 4.27. The molecule has 2 aromatic carbocycles. The van der Waals surface area contributed by atoms with Crippen LogP contribution in [-0.2, 0) is 13.1 Å². The van der Waals surface area contributed by atoms with Crippen LogP contribution in [0.15, 0.2) is 36.4 Å². The van der Waals surface area contributed by atoms with Crippen molar-refractivity contribution < 1.29 is 13.2 Å². The smallest absolute Gasteiger partial charge is 0.159 e. The molecule has 0 aliphatic carbocycles. The maximum Gasteiger partial charge on any atom is 0.159 e. The van der Waals surface area contributed by atoms with Crippen molar-refractivity contribution in [2.75, 3.05) is 0 Å². The van der Waals surface area contributed by atoms with E-state index in [1.54, 1.807) is 0 Å². The number of benzene rings is 2. The third-order valence-corrected chi connectivity index (χ3v) is 2.82. The van der Waals surface area contributed by atoms with Gasteiger partial charge in [0.25, 0.3) is 0 Å². The minimum Gasteiger partial charge on any atom is -0.309 e. The maximum atomic E-state index is 13.1. The Labute approximate surface area is 114 Å². The van der Waals surface area contributed by atoms with Crippen molar-refractivity contribution in [2.45, 2.75) is 13.1 Å². The van der Waals surface area contributed by atoms with Crippen molar-refractivity contribution in [1.82, 2.24) is 5.32 Å². The summed E-state index contributed by atoms with van der Waals surface area (Å²) in [6.45, 7) is 0.554. The molecule has 0 atom stereocenters. The average molecular weight is 276 g/mol. The third-order valence-electron chi connectivity index (χ3n) is 2.82. The zero-order chi connectivity index (χ0) is 14.5. The number of nitriles is 1. The molecule has 0 saturated carbocycles. The summed E-state index contributed by atoms with van der Waals surface area (Å²) in [7, 11) is 0. The van der Waals surface area contributed by atoms with Gasteiger partial charge in [-0.3, -0.25) is 0 Å². The van der Waals surface area contributed by atoms with E-state index in [2.05, 4.69) is 5.32 Å². The molecule has 0 aliphatic rings. The van der Waals surface area contributed by atoms with Gasteiger partial charge >= 0.3 is 0 Å². The zero-order valence-corrected chi connectivity index (χ0v) is 10.5. The molecule has 0 bridgehead atoms. The van der Waals surface area contributed by atoms with Gasteiger partial charge in [-0.15, -0.1) is 0 Å². The van der Waals surface area contributed by atoms with Crippen LogP contribution in [0, 0.1) is 28.8 Å². The molecule has 5 heteroatoms. The van der Waals surface area contributed by atoms with Crippen LogP contribution in [0.5, 0.6) is 0 Å². The number of nitrogens with one attached hydrogen (secondary N) is 1. The van der Waals surface area contributed by atoms with E-state index >= 15 is 0 Å². The fraction of sp³-hybridized carbons (Fsp3) is 0.133. The van der Waals surface area contributed by atoms with Gasteiger partial charge in [0.15, 0.2) is 11.6 Å². The van der Waals surface area contributed by atoms with E-state index in [1.165, 1.54) is 24.3 Å². The van der Waals surface area contributed by atoms with Gasteiger partial charge in [-0.1, -0.05) is 6.07 Å². The molecule has 2 nitrogen and oxygen atoms in total. The van der Waals surface area contributed by atoms with Crippen LogP contribution in [0.25, 0.3) is 0 Å². The molecule has 1 N–H and O–H groups in total. The highest BCUT2D eigenvalue weighted by Gasteiger charge is 2.05. The molecule has 102 valence electrons. The molecular formula is C15H11F3N2. The lowest BCUT2D eigenvalue weighted by atomic mass is 10.1. The van der Waals surface area contributed by atoms with Gasteiger partial charge in [-0.25, -0.2) is 13.2 Å². The number of halogens is 3.